The van der Waals surface area contributed by atoms with Crippen molar-refractivity contribution in [3.05, 3.63) is 47.2 Å². The number of nitrogens with zero attached hydrogens (tertiary/aromatic N) is 3. The van der Waals surface area contributed by atoms with E-state index in [4.69, 9.17) is 4.98 Å². The van der Waals surface area contributed by atoms with Gasteiger partial charge in [-0.05, 0) is 48.6 Å². The second-order valence-corrected chi connectivity index (χ2v) is 9.43. The van der Waals surface area contributed by atoms with Gasteiger partial charge in [-0.25, -0.2) is 4.98 Å². The molecular formula is C25H33N5O. The number of carbonyl (C=O) groups is 1. The standard InChI is InChI=1S/C25H33N5O/c1-2-17-8-10-18(11-9-17)13-26-23-22(24(31)28-21-6-4-3-5-7-21)14-27-25(29-23)30-15-19-12-20(19)16-30/h8-11,14,19-21H,2-7,12-13,15-16H2,1H3,(H,28,31)(H,26,27,29). The van der Waals surface area contributed by atoms with E-state index in [-0.39, 0.29) is 11.9 Å². The van der Waals surface area contributed by atoms with Gasteiger partial charge >= 0.3 is 0 Å². The molecule has 6 nitrogen and oxygen atoms in total. The number of carbonyl (C=O) groups excluding carboxylic acids is 1. The number of amides is 1. The van der Waals surface area contributed by atoms with Crippen molar-refractivity contribution in [3.8, 4) is 0 Å². The van der Waals surface area contributed by atoms with Crippen molar-refractivity contribution in [2.45, 2.75) is 64.5 Å². The van der Waals surface area contributed by atoms with Crippen LogP contribution in [-0.4, -0.2) is 35.0 Å². The van der Waals surface area contributed by atoms with Crippen LogP contribution in [0, 0.1) is 11.8 Å². The lowest BCUT2D eigenvalue weighted by molar-refractivity contribution is 0.0928. The Morgan fingerprint density at radius 3 is 2.48 bits per heavy atom. The summed E-state index contributed by atoms with van der Waals surface area (Å²) in [7, 11) is 0. The van der Waals surface area contributed by atoms with E-state index in [1.54, 1.807) is 6.20 Å². The summed E-state index contributed by atoms with van der Waals surface area (Å²) in [5.41, 5.74) is 3.05. The highest BCUT2D eigenvalue weighted by Gasteiger charge is 2.46. The number of hydrogen-bond acceptors (Lipinski definition) is 5. The first kappa shape index (κ1) is 20.3. The van der Waals surface area contributed by atoms with Gasteiger partial charge in [0.05, 0.1) is 0 Å². The van der Waals surface area contributed by atoms with E-state index in [1.165, 1.54) is 36.8 Å². The smallest absolute Gasteiger partial charge is 0.256 e. The van der Waals surface area contributed by atoms with Crippen LogP contribution in [0.4, 0.5) is 11.8 Å². The number of rotatable bonds is 7. The molecule has 1 saturated heterocycles. The lowest BCUT2D eigenvalue weighted by Crippen LogP contribution is -2.37. The number of aryl methyl sites for hydroxylation is 1. The maximum absolute atomic E-state index is 13.1. The Labute approximate surface area is 184 Å². The van der Waals surface area contributed by atoms with Crippen molar-refractivity contribution < 1.29 is 4.79 Å². The summed E-state index contributed by atoms with van der Waals surface area (Å²) in [6.45, 7) is 4.87. The van der Waals surface area contributed by atoms with Gasteiger partial charge in [-0.2, -0.15) is 4.98 Å². The Balaban J connectivity index is 1.34. The van der Waals surface area contributed by atoms with E-state index in [0.717, 1.165) is 50.1 Å². The van der Waals surface area contributed by atoms with Crippen LogP contribution in [0.2, 0.25) is 0 Å². The minimum absolute atomic E-state index is 0.0634. The second-order valence-electron chi connectivity index (χ2n) is 9.43. The van der Waals surface area contributed by atoms with Gasteiger partial charge in [0, 0.05) is 31.9 Å². The molecule has 3 aliphatic rings. The van der Waals surface area contributed by atoms with Gasteiger partial charge in [0.25, 0.3) is 5.91 Å². The third-order valence-corrected chi connectivity index (χ3v) is 7.11. The molecule has 31 heavy (non-hydrogen) atoms. The molecule has 0 bridgehead atoms. The van der Waals surface area contributed by atoms with Gasteiger partial charge < -0.3 is 15.5 Å². The lowest BCUT2D eigenvalue weighted by Gasteiger charge is -2.24. The Morgan fingerprint density at radius 1 is 1.06 bits per heavy atom. The lowest BCUT2D eigenvalue weighted by atomic mass is 9.95. The number of aromatic nitrogens is 2. The van der Waals surface area contributed by atoms with Crippen LogP contribution in [0.25, 0.3) is 0 Å². The number of anilines is 2. The summed E-state index contributed by atoms with van der Waals surface area (Å²) in [4.78, 5) is 24.7. The quantitative estimate of drug-likeness (QED) is 0.705. The molecule has 2 saturated carbocycles. The minimum Gasteiger partial charge on any atom is -0.365 e. The zero-order valence-electron chi connectivity index (χ0n) is 18.4. The maximum atomic E-state index is 13.1. The molecule has 2 atom stereocenters. The monoisotopic (exact) mass is 419 g/mol. The van der Waals surface area contributed by atoms with Gasteiger partial charge in [0.15, 0.2) is 0 Å². The molecule has 1 aromatic heterocycles. The highest BCUT2D eigenvalue weighted by atomic mass is 16.1. The van der Waals surface area contributed by atoms with Crippen LogP contribution in [0.1, 0.15) is 66.9 Å². The molecule has 2 aliphatic carbocycles. The topological polar surface area (TPSA) is 70.2 Å². The molecule has 1 amide bonds. The second kappa shape index (κ2) is 8.85. The summed E-state index contributed by atoms with van der Waals surface area (Å²) in [5.74, 6) is 2.94. The van der Waals surface area contributed by atoms with Crippen LogP contribution in [0.3, 0.4) is 0 Å². The zero-order chi connectivity index (χ0) is 21.2. The molecule has 3 fully saturated rings. The number of benzene rings is 1. The predicted octanol–water partition coefficient (Wildman–Crippen LogP) is 4.17. The largest absolute Gasteiger partial charge is 0.365 e. The van der Waals surface area contributed by atoms with Gasteiger partial charge in [0.2, 0.25) is 5.95 Å². The molecule has 6 heteroatoms. The summed E-state index contributed by atoms with van der Waals surface area (Å²) >= 11 is 0. The SMILES string of the molecule is CCc1ccc(CNc2nc(N3CC4CC4C3)ncc2C(=O)NC2CCCCC2)cc1. The minimum atomic E-state index is -0.0634. The molecular weight excluding hydrogens is 386 g/mol. The molecule has 164 valence electrons. The van der Waals surface area contributed by atoms with Crippen LogP contribution >= 0.6 is 0 Å². The van der Waals surface area contributed by atoms with Crippen molar-refractivity contribution >= 4 is 17.7 Å². The molecule has 0 radical (unpaired) electrons. The van der Waals surface area contributed by atoms with Gasteiger partial charge in [-0.15, -0.1) is 0 Å². The van der Waals surface area contributed by atoms with Crippen molar-refractivity contribution in [1.82, 2.24) is 15.3 Å². The van der Waals surface area contributed by atoms with E-state index in [1.807, 2.05) is 0 Å². The number of fused-ring (bicyclic) bond motifs is 1. The fraction of sp³-hybridized carbons (Fsp3) is 0.560. The average Bonchev–Trinajstić information content (AvgIpc) is 3.43. The van der Waals surface area contributed by atoms with Crippen LogP contribution in [0.5, 0.6) is 0 Å². The Morgan fingerprint density at radius 2 is 1.77 bits per heavy atom. The Hall–Kier alpha value is -2.63. The van der Waals surface area contributed by atoms with Crippen LogP contribution in [0.15, 0.2) is 30.5 Å². The molecule has 1 aromatic carbocycles. The van der Waals surface area contributed by atoms with Crippen molar-refractivity contribution in [2.24, 2.45) is 11.8 Å². The van der Waals surface area contributed by atoms with Gasteiger partial charge in [-0.3, -0.25) is 4.79 Å². The third kappa shape index (κ3) is 4.68. The summed E-state index contributed by atoms with van der Waals surface area (Å²) in [6, 6.07) is 8.87. The van der Waals surface area contributed by atoms with E-state index < -0.39 is 0 Å². The zero-order valence-corrected chi connectivity index (χ0v) is 18.4. The fourth-order valence-electron chi connectivity index (χ4n) is 4.98. The van der Waals surface area contributed by atoms with Crippen molar-refractivity contribution in [2.75, 3.05) is 23.3 Å². The van der Waals surface area contributed by atoms with Crippen molar-refractivity contribution in [1.29, 1.82) is 0 Å². The van der Waals surface area contributed by atoms with E-state index in [0.29, 0.717) is 17.9 Å². The molecule has 1 aliphatic heterocycles. The molecule has 2 aromatic rings. The fourth-order valence-corrected chi connectivity index (χ4v) is 4.98. The number of piperidine rings is 1. The first-order valence-electron chi connectivity index (χ1n) is 11.9. The third-order valence-electron chi connectivity index (χ3n) is 7.11. The van der Waals surface area contributed by atoms with E-state index >= 15 is 0 Å². The molecule has 2 unspecified atom stereocenters. The maximum Gasteiger partial charge on any atom is 0.256 e. The number of nitrogens with one attached hydrogen (secondary N) is 2. The van der Waals surface area contributed by atoms with E-state index in [2.05, 4.69) is 51.7 Å². The summed E-state index contributed by atoms with van der Waals surface area (Å²) < 4.78 is 0. The molecule has 5 rings (SSSR count). The average molecular weight is 420 g/mol. The molecule has 0 spiro atoms. The van der Waals surface area contributed by atoms with Crippen molar-refractivity contribution in [3.63, 3.8) is 0 Å². The number of hydrogen-bond donors (Lipinski definition) is 2. The first-order chi connectivity index (χ1) is 15.2. The first-order valence-corrected chi connectivity index (χ1v) is 11.9. The summed E-state index contributed by atoms with van der Waals surface area (Å²) in [6.07, 6.45) is 9.87. The van der Waals surface area contributed by atoms with Gasteiger partial charge in [-0.1, -0.05) is 50.5 Å². The van der Waals surface area contributed by atoms with E-state index in [9.17, 15) is 4.79 Å². The Kier molecular flexibility index (Phi) is 5.79. The normalized spacial score (nSPS) is 22.8. The van der Waals surface area contributed by atoms with Crippen LogP contribution < -0.4 is 15.5 Å². The van der Waals surface area contributed by atoms with Gasteiger partial charge in [0.1, 0.15) is 11.4 Å². The molecule has 2 N–H and O–H groups in total. The van der Waals surface area contributed by atoms with Crippen LogP contribution in [-0.2, 0) is 13.0 Å². The highest BCUT2D eigenvalue weighted by molar-refractivity contribution is 5.98. The summed E-state index contributed by atoms with van der Waals surface area (Å²) in [5, 5.41) is 6.65. The Bertz CT molecular complexity index is 912. The predicted molar refractivity (Wildman–Crippen MR) is 123 cm³/mol. The highest BCUT2D eigenvalue weighted by Crippen LogP contribution is 2.45. The molecule has 2 heterocycles.